The van der Waals surface area contributed by atoms with E-state index in [1.54, 1.807) is 12.1 Å². The van der Waals surface area contributed by atoms with Crippen LogP contribution in [0.25, 0.3) is 0 Å². The van der Waals surface area contributed by atoms with E-state index in [1.165, 1.54) is 0 Å². The van der Waals surface area contributed by atoms with Crippen LogP contribution in [0.5, 0.6) is 0 Å². The summed E-state index contributed by atoms with van der Waals surface area (Å²) < 4.78 is 5.24. The molecular weight excluding hydrogens is 200 g/mol. The largest absolute Gasteiger partial charge is 0.357 e. The minimum atomic E-state index is -0.256. The maximum Gasteiger partial charge on any atom is 0.134 e. The van der Waals surface area contributed by atoms with Crippen LogP contribution in [-0.4, -0.2) is 13.2 Å². The van der Waals surface area contributed by atoms with Crippen molar-refractivity contribution in [1.29, 1.82) is 5.26 Å². The number of nitriles is 1. The molecule has 0 saturated carbocycles. The molecular formula is C10H11ClN2O. The maximum atomic E-state index is 8.37. The first-order valence-electron chi connectivity index (χ1n) is 4.22. The van der Waals surface area contributed by atoms with Gasteiger partial charge in [-0.2, -0.15) is 5.26 Å². The fourth-order valence-electron chi connectivity index (χ4n) is 1.15. The third-order valence-electron chi connectivity index (χ3n) is 1.78. The van der Waals surface area contributed by atoms with Gasteiger partial charge in [0, 0.05) is 11.6 Å². The molecule has 3 nitrogen and oxygen atoms in total. The molecule has 1 rings (SSSR count). The predicted molar refractivity (Wildman–Crippen MR) is 54.8 cm³/mol. The molecule has 4 heteroatoms. The summed E-state index contributed by atoms with van der Waals surface area (Å²) in [4.78, 5) is 0. The molecule has 1 unspecified atom stereocenters. The second kappa shape index (κ2) is 5.61. The minimum Gasteiger partial charge on any atom is -0.357 e. The first-order valence-corrected chi connectivity index (χ1v) is 4.60. The molecule has 0 aromatic heterocycles. The van der Waals surface area contributed by atoms with E-state index in [2.05, 4.69) is 0 Å². The van der Waals surface area contributed by atoms with Gasteiger partial charge < -0.3 is 10.5 Å². The van der Waals surface area contributed by atoms with E-state index >= 15 is 0 Å². The summed E-state index contributed by atoms with van der Waals surface area (Å²) in [5, 5.41) is 9.01. The van der Waals surface area contributed by atoms with Crippen LogP contribution in [0.4, 0.5) is 0 Å². The lowest BCUT2D eigenvalue weighted by Gasteiger charge is -2.14. The molecule has 0 amide bonds. The zero-order valence-electron chi connectivity index (χ0n) is 7.61. The van der Waals surface area contributed by atoms with Crippen molar-refractivity contribution in [3.8, 4) is 6.07 Å². The number of nitrogens with two attached hydrogens (primary N) is 1. The van der Waals surface area contributed by atoms with Gasteiger partial charge in [-0.05, 0) is 17.7 Å². The lowest BCUT2D eigenvalue weighted by atomic mass is 10.1. The van der Waals surface area contributed by atoms with Crippen molar-refractivity contribution >= 4 is 11.6 Å². The molecule has 0 aliphatic carbocycles. The topological polar surface area (TPSA) is 59.0 Å². The number of benzene rings is 1. The van der Waals surface area contributed by atoms with E-state index in [0.29, 0.717) is 11.6 Å². The Kier molecular flexibility index (Phi) is 4.41. The van der Waals surface area contributed by atoms with Crippen LogP contribution in [0.2, 0.25) is 5.02 Å². The summed E-state index contributed by atoms with van der Waals surface area (Å²) in [6.45, 7) is 0.371. The number of hydrogen-bond donors (Lipinski definition) is 1. The van der Waals surface area contributed by atoms with Crippen LogP contribution in [0, 0.1) is 11.3 Å². The van der Waals surface area contributed by atoms with E-state index < -0.39 is 0 Å². The lowest BCUT2D eigenvalue weighted by Crippen LogP contribution is -2.16. The normalized spacial score (nSPS) is 12.1. The van der Waals surface area contributed by atoms with Crippen molar-refractivity contribution in [3.05, 3.63) is 34.9 Å². The molecule has 1 aromatic rings. The van der Waals surface area contributed by atoms with Crippen LogP contribution >= 0.6 is 11.6 Å². The quantitative estimate of drug-likeness (QED) is 0.826. The lowest BCUT2D eigenvalue weighted by molar-refractivity contribution is 0.0836. The summed E-state index contributed by atoms with van der Waals surface area (Å²) in [7, 11) is 0. The number of rotatable bonds is 4. The average molecular weight is 211 g/mol. The van der Waals surface area contributed by atoms with E-state index in [1.807, 2.05) is 18.2 Å². The third-order valence-corrected chi connectivity index (χ3v) is 2.02. The highest BCUT2D eigenvalue weighted by atomic mass is 35.5. The standard InChI is InChI=1S/C10H11ClN2O/c11-9-3-1-2-8(6-9)10(7-13)14-5-4-12/h1-3,6,10H,5,7,13H2. The second-order valence-corrected chi connectivity index (χ2v) is 3.18. The van der Waals surface area contributed by atoms with Crippen LogP contribution in [0.3, 0.4) is 0 Å². The molecule has 0 spiro atoms. The zero-order chi connectivity index (χ0) is 10.4. The van der Waals surface area contributed by atoms with E-state index in [0.717, 1.165) is 5.56 Å². The Bertz CT molecular complexity index is 335. The third kappa shape index (κ3) is 3.00. The van der Waals surface area contributed by atoms with Crippen molar-refractivity contribution < 1.29 is 4.74 Å². The van der Waals surface area contributed by atoms with Crippen molar-refractivity contribution in [2.24, 2.45) is 5.73 Å². The number of halogens is 1. The summed E-state index contributed by atoms with van der Waals surface area (Å²) in [6, 6.07) is 9.18. The molecule has 0 bridgehead atoms. The SMILES string of the molecule is N#CCOC(CN)c1cccc(Cl)c1. The highest BCUT2D eigenvalue weighted by molar-refractivity contribution is 6.30. The van der Waals surface area contributed by atoms with Gasteiger partial charge >= 0.3 is 0 Å². The Morgan fingerprint density at radius 3 is 2.93 bits per heavy atom. The maximum absolute atomic E-state index is 8.37. The molecule has 0 saturated heterocycles. The Morgan fingerprint density at radius 2 is 2.36 bits per heavy atom. The van der Waals surface area contributed by atoms with Crippen molar-refractivity contribution in [2.75, 3.05) is 13.2 Å². The first-order chi connectivity index (χ1) is 6.77. The fourth-order valence-corrected chi connectivity index (χ4v) is 1.34. The Morgan fingerprint density at radius 1 is 1.57 bits per heavy atom. The highest BCUT2D eigenvalue weighted by Gasteiger charge is 2.09. The summed E-state index contributed by atoms with van der Waals surface area (Å²) in [5.74, 6) is 0. The van der Waals surface area contributed by atoms with Gasteiger partial charge in [-0.25, -0.2) is 0 Å². The highest BCUT2D eigenvalue weighted by Crippen LogP contribution is 2.19. The van der Waals surface area contributed by atoms with Crippen molar-refractivity contribution in [2.45, 2.75) is 6.10 Å². The summed E-state index contributed by atoms with van der Waals surface area (Å²) in [5.41, 5.74) is 6.42. The van der Waals surface area contributed by atoms with Gasteiger partial charge in [0.2, 0.25) is 0 Å². The summed E-state index contributed by atoms with van der Waals surface area (Å²) >= 11 is 5.82. The first kappa shape index (κ1) is 11.0. The number of ether oxygens (including phenoxy) is 1. The molecule has 0 aliphatic heterocycles. The summed E-state index contributed by atoms with van der Waals surface area (Å²) in [6.07, 6.45) is -0.256. The Balaban J connectivity index is 2.74. The molecule has 14 heavy (non-hydrogen) atoms. The van der Waals surface area contributed by atoms with E-state index in [4.69, 9.17) is 27.3 Å². The molecule has 0 radical (unpaired) electrons. The number of hydrogen-bond acceptors (Lipinski definition) is 3. The van der Waals surface area contributed by atoms with Crippen LogP contribution in [-0.2, 0) is 4.74 Å². The molecule has 74 valence electrons. The van der Waals surface area contributed by atoms with Crippen molar-refractivity contribution in [1.82, 2.24) is 0 Å². The van der Waals surface area contributed by atoms with Gasteiger partial charge in [0.05, 0.1) is 12.2 Å². The van der Waals surface area contributed by atoms with Crippen LogP contribution in [0.15, 0.2) is 24.3 Å². The average Bonchev–Trinajstić information content (AvgIpc) is 2.19. The number of nitrogens with zero attached hydrogens (tertiary/aromatic N) is 1. The van der Waals surface area contributed by atoms with Gasteiger partial charge in [-0.1, -0.05) is 23.7 Å². The van der Waals surface area contributed by atoms with Crippen LogP contribution in [0.1, 0.15) is 11.7 Å². The molecule has 0 aliphatic rings. The van der Waals surface area contributed by atoms with Gasteiger partial charge in [0.25, 0.3) is 0 Å². The second-order valence-electron chi connectivity index (χ2n) is 2.75. The zero-order valence-corrected chi connectivity index (χ0v) is 8.37. The predicted octanol–water partition coefficient (Wildman–Crippen LogP) is 1.88. The van der Waals surface area contributed by atoms with Gasteiger partial charge in [0.15, 0.2) is 0 Å². The van der Waals surface area contributed by atoms with Gasteiger partial charge in [0.1, 0.15) is 6.61 Å². The van der Waals surface area contributed by atoms with Crippen LogP contribution < -0.4 is 5.73 Å². The Labute approximate surface area is 88.0 Å². The monoisotopic (exact) mass is 210 g/mol. The van der Waals surface area contributed by atoms with E-state index in [-0.39, 0.29) is 12.7 Å². The molecule has 2 N–H and O–H groups in total. The molecule has 1 atom stereocenters. The smallest absolute Gasteiger partial charge is 0.134 e. The van der Waals surface area contributed by atoms with E-state index in [9.17, 15) is 0 Å². The molecule has 0 fully saturated rings. The molecule has 1 aromatic carbocycles. The van der Waals surface area contributed by atoms with Gasteiger partial charge in [-0.15, -0.1) is 0 Å². The Hall–Kier alpha value is -1.08. The van der Waals surface area contributed by atoms with Crippen molar-refractivity contribution in [3.63, 3.8) is 0 Å². The minimum absolute atomic E-state index is 0.0361. The fraction of sp³-hybridized carbons (Fsp3) is 0.300. The van der Waals surface area contributed by atoms with Gasteiger partial charge in [-0.3, -0.25) is 0 Å². The molecule has 0 heterocycles.